The van der Waals surface area contributed by atoms with Gasteiger partial charge in [0.15, 0.2) is 0 Å². The first-order chi connectivity index (χ1) is 10.2. The van der Waals surface area contributed by atoms with Gasteiger partial charge in [0, 0.05) is 23.6 Å². The average molecular weight is 276 g/mol. The zero-order valence-electron chi connectivity index (χ0n) is 11.5. The SMILES string of the molecule is Cc1ccc(-n2cc(C#N)c(-c3cccc(F)c3)c2)cc1. The van der Waals surface area contributed by atoms with Gasteiger partial charge in [0.05, 0.1) is 5.56 Å². The summed E-state index contributed by atoms with van der Waals surface area (Å²) in [6.07, 6.45) is 3.63. The molecule has 3 rings (SSSR count). The Morgan fingerprint density at radius 3 is 2.48 bits per heavy atom. The van der Waals surface area contributed by atoms with Crippen LogP contribution in [0.2, 0.25) is 0 Å². The summed E-state index contributed by atoms with van der Waals surface area (Å²) in [7, 11) is 0. The molecule has 0 aliphatic carbocycles. The van der Waals surface area contributed by atoms with Gasteiger partial charge in [-0.3, -0.25) is 0 Å². The van der Waals surface area contributed by atoms with Gasteiger partial charge in [-0.2, -0.15) is 5.26 Å². The van der Waals surface area contributed by atoms with Crippen LogP contribution < -0.4 is 0 Å². The Hall–Kier alpha value is -2.86. The maximum absolute atomic E-state index is 13.4. The first-order valence-corrected chi connectivity index (χ1v) is 6.62. The lowest BCUT2D eigenvalue weighted by atomic mass is 10.1. The summed E-state index contributed by atoms with van der Waals surface area (Å²) in [5.74, 6) is -0.306. The lowest BCUT2D eigenvalue weighted by Crippen LogP contribution is -1.89. The fraction of sp³-hybridized carbons (Fsp3) is 0.0556. The number of hydrogen-bond donors (Lipinski definition) is 0. The highest BCUT2D eigenvalue weighted by Crippen LogP contribution is 2.26. The van der Waals surface area contributed by atoms with E-state index in [9.17, 15) is 9.65 Å². The van der Waals surface area contributed by atoms with Crippen molar-refractivity contribution in [3.8, 4) is 22.9 Å². The van der Waals surface area contributed by atoms with Crippen molar-refractivity contribution in [3.05, 3.63) is 77.9 Å². The van der Waals surface area contributed by atoms with Gasteiger partial charge >= 0.3 is 0 Å². The van der Waals surface area contributed by atoms with Crippen LogP contribution in [0.5, 0.6) is 0 Å². The molecule has 0 atom stereocenters. The molecule has 0 unspecified atom stereocenters. The predicted octanol–water partition coefficient (Wildman–Crippen LogP) is 4.46. The van der Waals surface area contributed by atoms with E-state index < -0.39 is 0 Å². The average Bonchev–Trinajstić information content (AvgIpc) is 2.92. The monoisotopic (exact) mass is 276 g/mol. The maximum Gasteiger partial charge on any atom is 0.123 e. The molecular weight excluding hydrogens is 263 g/mol. The van der Waals surface area contributed by atoms with Crippen molar-refractivity contribution >= 4 is 0 Å². The third kappa shape index (κ3) is 2.56. The van der Waals surface area contributed by atoms with Crippen LogP contribution >= 0.6 is 0 Å². The molecule has 2 aromatic carbocycles. The van der Waals surface area contributed by atoms with Gasteiger partial charge in [0.2, 0.25) is 0 Å². The van der Waals surface area contributed by atoms with Gasteiger partial charge in [-0.15, -0.1) is 0 Å². The number of aryl methyl sites for hydroxylation is 1. The summed E-state index contributed by atoms with van der Waals surface area (Å²) >= 11 is 0. The number of nitriles is 1. The molecule has 0 radical (unpaired) electrons. The molecule has 1 aromatic heterocycles. The van der Waals surface area contributed by atoms with Gasteiger partial charge in [-0.25, -0.2) is 4.39 Å². The molecule has 3 aromatic rings. The first-order valence-electron chi connectivity index (χ1n) is 6.62. The van der Waals surface area contributed by atoms with Crippen molar-refractivity contribution < 1.29 is 4.39 Å². The molecule has 21 heavy (non-hydrogen) atoms. The third-order valence-corrected chi connectivity index (χ3v) is 3.41. The van der Waals surface area contributed by atoms with Crippen LogP contribution in [0.3, 0.4) is 0 Å². The van der Waals surface area contributed by atoms with E-state index in [-0.39, 0.29) is 5.82 Å². The molecule has 0 fully saturated rings. The quantitative estimate of drug-likeness (QED) is 0.679. The van der Waals surface area contributed by atoms with Crippen molar-refractivity contribution in [1.82, 2.24) is 4.57 Å². The van der Waals surface area contributed by atoms with E-state index in [1.54, 1.807) is 18.3 Å². The molecule has 0 spiro atoms. The topological polar surface area (TPSA) is 28.7 Å². The molecule has 0 aliphatic heterocycles. The van der Waals surface area contributed by atoms with E-state index in [0.29, 0.717) is 11.1 Å². The second-order valence-electron chi connectivity index (χ2n) is 4.95. The molecule has 102 valence electrons. The minimum Gasteiger partial charge on any atom is -0.322 e. The maximum atomic E-state index is 13.4. The number of aromatic nitrogens is 1. The number of halogens is 1. The number of rotatable bonds is 2. The smallest absolute Gasteiger partial charge is 0.123 e. The Kier molecular flexibility index (Phi) is 3.29. The van der Waals surface area contributed by atoms with Crippen LogP contribution in [0.1, 0.15) is 11.1 Å². The normalized spacial score (nSPS) is 10.3. The Morgan fingerprint density at radius 2 is 1.81 bits per heavy atom. The Labute approximate surface area is 122 Å². The highest BCUT2D eigenvalue weighted by atomic mass is 19.1. The van der Waals surface area contributed by atoms with E-state index >= 15 is 0 Å². The van der Waals surface area contributed by atoms with Gasteiger partial charge in [0.25, 0.3) is 0 Å². The molecule has 2 nitrogen and oxygen atoms in total. The summed E-state index contributed by atoms with van der Waals surface area (Å²) < 4.78 is 15.3. The van der Waals surface area contributed by atoms with E-state index in [0.717, 1.165) is 11.3 Å². The van der Waals surface area contributed by atoms with Crippen LogP contribution in [-0.4, -0.2) is 4.57 Å². The zero-order valence-corrected chi connectivity index (χ0v) is 11.5. The van der Waals surface area contributed by atoms with Crippen LogP contribution in [0.25, 0.3) is 16.8 Å². The molecule has 3 heteroatoms. The Balaban J connectivity index is 2.11. The van der Waals surface area contributed by atoms with Crippen molar-refractivity contribution in [2.75, 3.05) is 0 Å². The van der Waals surface area contributed by atoms with E-state index in [4.69, 9.17) is 0 Å². The van der Waals surface area contributed by atoms with Gasteiger partial charge in [-0.05, 0) is 36.8 Å². The van der Waals surface area contributed by atoms with Crippen LogP contribution in [0.4, 0.5) is 4.39 Å². The zero-order chi connectivity index (χ0) is 14.8. The summed E-state index contributed by atoms with van der Waals surface area (Å²) in [5.41, 5.74) is 4.12. The van der Waals surface area contributed by atoms with Crippen LogP contribution in [-0.2, 0) is 0 Å². The summed E-state index contributed by atoms with van der Waals surface area (Å²) in [5, 5.41) is 9.30. The van der Waals surface area contributed by atoms with E-state index in [1.807, 2.05) is 42.0 Å². The standard InChI is InChI=1S/C18H13FN2/c1-13-5-7-17(8-6-13)21-11-15(10-20)18(12-21)14-3-2-4-16(19)9-14/h2-9,11-12H,1H3. The fourth-order valence-electron chi connectivity index (χ4n) is 2.30. The van der Waals surface area contributed by atoms with Crippen LogP contribution in [0, 0.1) is 24.1 Å². The highest BCUT2D eigenvalue weighted by Gasteiger charge is 2.10. The van der Waals surface area contributed by atoms with Crippen molar-refractivity contribution in [3.63, 3.8) is 0 Å². The predicted molar refractivity (Wildman–Crippen MR) is 80.6 cm³/mol. The number of nitrogens with zero attached hydrogens (tertiary/aromatic N) is 2. The van der Waals surface area contributed by atoms with E-state index in [1.165, 1.54) is 17.7 Å². The summed E-state index contributed by atoms with van der Waals surface area (Å²) in [6.45, 7) is 2.03. The molecule has 0 saturated heterocycles. The van der Waals surface area contributed by atoms with Gasteiger partial charge < -0.3 is 4.57 Å². The molecule has 0 aliphatic rings. The van der Waals surface area contributed by atoms with E-state index in [2.05, 4.69) is 6.07 Å². The molecule has 0 bridgehead atoms. The minimum atomic E-state index is -0.306. The molecule has 0 N–H and O–H groups in total. The van der Waals surface area contributed by atoms with Gasteiger partial charge in [-0.1, -0.05) is 29.8 Å². The number of hydrogen-bond acceptors (Lipinski definition) is 1. The first kappa shape index (κ1) is 13.1. The van der Waals surface area contributed by atoms with Gasteiger partial charge in [0.1, 0.15) is 11.9 Å². The third-order valence-electron chi connectivity index (χ3n) is 3.41. The Bertz CT molecular complexity index is 823. The fourth-order valence-corrected chi connectivity index (χ4v) is 2.30. The largest absolute Gasteiger partial charge is 0.322 e. The highest BCUT2D eigenvalue weighted by molar-refractivity contribution is 5.70. The molecule has 1 heterocycles. The molecule has 0 saturated carbocycles. The lowest BCUT2D eigenvalue weighted by molar-refractivity contribution is 0.628. The molecular formula is C18H13FN2. The van der Waals surface area contributed by atoms with Crippen molar-refractivity contribution in [2.24, 2.45) is 0 Å². The Morgan fingerprint density at radius 1 is 1.05 bits per heavy atom. The second kappa shape index (κ2) is 5.26. The lowest BCUT2D eigenvalue weighted by Gasteiger charge is -2.03. The molecule has 0 amide bonds. The van der Waals surface area contributed by atoms with Crippen molar-refractivity contribution in [2.45, 2.75) is 6.92 Å². The van der Waals surface area contributed by atoms with Crippen molar-refractivity contribution in [1.29, 1.82) is 5.26 Å². The minimum absolute atomic E-state index is 0.306. The van der Waals surface area contributed by atoms with Crippen LogP contribution in [0.15, 0.2) is 60.9 Å². The summed E-state index contributed by atoms with van der Waals surface area (Å²) in [6, 6.07) is 16.5. The number of benzene rings is 2. The second-order valence-corrected chi connectivity index (χ2v) is 4.95. The summed E-state index contributed by atoms with van der Waals surface area (Å²) in [4.78, 5) is 0.